The van der Waals surface area contributed by atoms with Crippen molar-refractivity contribution in [3.63, 3.8) is 0 Å². The summed E-state index contributed by atoms with van der Waals surface area (Å²) in [6.07, 6.45) is 1.75. The van der Waals surface area contributed by atoms with E-state index >= 15 is 0 Å². The van der Waals surface area contributed by atoms with Crippen LogP contribution in [0.25, 0.3) is 10.9 Å². The molecule has 25 heavy (non-hydrogen) atoms. The molecule has 1 aromatic heterocycles. The first-order chi connectivity index (χ1) is 12.3. The number of amides is 1. The number of para-hydroxylation sites is 1. The molecule has 1 fully saturated rings. The standard InChI is InChI=1S/C21H21N3O/c25-21(19-10-4-8-18-9-5-11-22-20(18)19)24-14-12-23(13-15-24)16-17-6-2-1-3-7-17/h1-11H,12-16H2. The van der Waals surface area contributed by atoms with Crippen LogP contribution in [-0.4, -0.2) is 46.9 Å². The number of hydrogen-bond acceptors (Lipinski definition) is 3. The van der Waals surface area contributed by atoms with Crippen molar-refractivity contribution < 1.29 is 4.79 Å². The molecular weight excluding hydrogens is 310 g/mol. The second kappa shape index (κ2) is 7.03. The Kier molecular flexibility index (Phi) is 4.44. The van der Waals surface area contributed by atoms with Gasteiger partial charge in [0, 0.05) is 44.3 Å². The molecule has 4 nitrogen and oxygen atoms in total. The Labute approximate surface area is 147 Å². The molecule has 0 unspecified atom stereocenters. The molecule has 0 radical (unpaired) electrons. The van der Waals surface area contributed by atoms with E-state index in [-0.39, 0.29) is 5.91 Å². The fraction of sp³-hybridized carbons (Fsp3) is 0.238. The van der Waals surface area contributed by atoms with E-state index in [2.05, 4.69) is 34.1 Å². The molecule has 0 bridgehead atoms. The van der Waals surface area contributed by atoms with Gasteiger partial charge in [0.15, 0.2) is 0 Å². The molecule has 1 amide bonds. The molecule has 1 aliphatic heterocycles. The number of nitrogens with zero attached hydrogens (tertiary/aromatic N) is 3. The Morgan fingerprint density at radius 2 is 1.64 bits per heavy atom. The van der Waals surface area contributed by atoms with Crippen molar-refractivity contribution in [2.24, 2.45) is 0 Å². The maximum atomic E-state index is 12.9. The zero-order valence-electron chi connectivity index (χ0n) is 14.1. The SMILES string of the molecule is O=C(c1cccc2cccnc12)N1CCN(Cc2ccccc2)CC1. The second-order valence-electron chi connectivity index (χ2n) is 6.43. The predicted molar refractivity (Wildman–Crippen MR) is 99.4 cm³/mol. The Bertz CT molecular complexity index is 865. The van der Waals surface area contributed by atoms with E-state index in [0.29, 0.717) is 5.56 Å². The summed E-state index contributed by atoms with van der Waals surface area (Å²) in [6, 6.07) is 20.2. The van der Waals surface area contributed by atoms with Crippen LogP contribution in [-0.2, 0) is 6.54 Å². The molecule has 0 N–H and O–H groups in total. The van der Waals surface area contributed by atoms with E-state index in [1.54, 1.807) is 6.20 Å². The molecule has 0 aliphatic carbocycles. The summed E-state index contributed by atoms with van der Waals surface area (Å²) in [6.45, 7) is 4.26. The molecule has 0 atom stereocenters. The van der Waals surface area contributed by atoms with E-state index in [1.165, 1.54) is 5.56 Å². The summed E-state index contributed by atoms with van der Waals surface area (Å²) < 4.78 is 0. The van der Waals surface area contributed by atoms with Crippen LogP contribution in [0.3, 0.4) is 0 Å². The highest BCUT2D eigenvalue weighted by Crippen LogP contribution is 2.19. The van der Waals surface area contributed by atoms with Gasteiger partial charge in [0.05, 0.1) is 11.1 Å². The zero-order valence-corrected chi connectivity index (χ0v) is 14.1. The van der Waals surface area contributed by atoms with Crippen LogP contribution < -0.4 is 0 Å². The average molecular weight is 331 g/mol. The van der Waals surface area contributed by atoms with E-state index < -0.39 is 0 Å². The van der Waals surface area contributed by atoms with Gasteiger partial charge in [0.1, 0.15) is 0 Å². The molecule has 0 saturated carbocycles. The van der Waals surface area contributed by atoms with E-state index in [0.717, 1.165) is 43.6 Å². The lowest BCUT2D eigenvalue weighted by Gasteiger charge is -2.34. The van der Waals surface area contributed by atoms with Crippen molar-refractivity contribution in [2.45, 2.75) is 6.54 Å². The Morgan fingerprint density at radius 3 is 2.44 bits per heavy atom. The van der Waals surface area contributed by atoms with Crippen LogP contribution >= 0.6 is 0 Å². The third-order valence-electron chi connectivity index (χ3n) is 4.77. The van der Waals surface area contributed by atoms with Gasteiger partial charge in [-0.3, -0.25) is 14.7 Å². The van der Waals surface area contributed by atoms with Gasteiger partial charge in [0.2, 0.25) is 0 Å². The lowest BCUT2D eigenvalue weighted by Crippen LogP contribution is -2.48. The molecule has 4 rings (SSSR count). The topological polar surface area (TPSA) is 36.4 Å². The van der Waals surface area contributed by atoms with Crippen molar-refractivity contribution in [1.82, 2.24) is 14.8 Å². The van der Waals surface area contributed by atoms with Crippen LogP contribution in [0.1, 0.15) is 15.9 Å². The van der Waals surface area contributed by atoms with Gasteiger partial charge < -0.3 is 4.90 Å². The second-order valence-corrected chi connectivity index (χ2v) is 6.43. The van der Waals surface area contributed by atoms with Gasteiger partial charge in [-0.25, -0.2) is 0 Å². The summed E-state index contributed by atoms with van der Waals surface area (Å²) in [4.78, 5) is 21.7. The number of hydrogen-bond donors (Lipinski definition) is 0. The number of piperazine rings is 1. The summed E-state index contributed by atoms with van der Waals surface area (Å²) in [7, 11) is 0. The van der Waals surface area contributed by atoms with Gasteiger partial charge in [-0.15, -0.1) is 0 Å². The molecular formula is C21H21N3O. The normalized spacial score (nSPS) is 15.4. The van der Waals surface area contributed by atoms with Crippen LogP contribution in [0.4, 0.5) is 0 Å². The number of rotatable bonds is 3. The van der Waals surface area contributed by atoms with Crippen molar-refractivity contribution in [1.29, 1.82) is 0 Å². The molecule has 0 spiro atoms. The number of pyridine rings is 1. The number of aromatic nitrogens is 1. The third-order valence-corrected chi connectivity index (χ3v) is 4.77. The van der Waals surface area contributed by atoms with Gasteiger partial charge in [0.25, 0.3) is 5.91 Å². The molecule has 1 saturated heterocycles. The molecule has 4 heteroatoms. The summed E-state index contributed by atoms with van der Waals surface area (Å²) in [5.74, 6) is 0.0867. The van der Waals surface area contributed by atoms with Crippen LogP contribution in [0, 0.1) is 0 Å². The van der Waals surface area contributed by atoms with Crippen molar-refractivity contribution in [3.05, 3.63) is 78.0 Å². The maximum absolute atomic E-state index is 12.9. The Balaban J connectivity index is 1.44. The van der Waals surface area contributed by atoms with Crippen LogP contribution in [0.5, 0.6) is 0 Å². The highest BCUT2D eigenvalue weighted by atomic mass is 16.2. The Morgan fingerprint density at radius 1 is 0.880 bits per heavy atom. The lowest BCUT2D eigenvalue weighted by molar-refractivity contribution is 0.0630. The quantitative estimate of drug-likeness (QED) is 0.739. The minimum atomic E-state index is 0.0867. The fourth-order valence-corrected chi connectivity index (χ4v) is 3.40. The third kappa shape index (κ3) is 3.39. The van der Waals surface area contributed by atoms with E-state index in [1.807, 2.05) is 41.3 Å². The highest BCUT2D eigenvalue weighted by molar-refractivity contribution is 6.05. The molecule has 2 heterocycles. The van der Waals surface area contributed by atoms with E-state index in [4.69, 9.17) is 0 Å². The van der Waals surface area contributed by atoms with Crippen molar-refractivity contribution in [3.8, 4) is 0 Å². The van der Waals surface area contributed by atoms with Gasteiger partial charge in [-0.05, 0) is 17.7 Å². The maximum Gasteiger partial charge on any atom is 0.256 e. The number of fused-ring (bicyclic) bond motifs is 1. The summed E-state index contributed by atoms with van der Waals surface area (Å²) in [5.41, 5.74) is 2.82. The molecule has 126 valence electrons. The van der Waals surface area contributed by atoms with Crippen molar-refractivity contribution >= 4 is 16.8 Å². The highest BCUT2D eigenvalue weighted by Gasteiger charge is 2.23. The largest absolute Gasteiger partial charge is 0.336 e. The number of carbonyl (C=O) groups is 1. The van der Waals surface area contributed by atoms with Gasteiger partial charge in [-0.1, -0.05) is 48.5 Å². The summed E-state index contributed by atoms with van der Waals surface area (Å²) in [5, 5.41) is 1.01. The van der Waals surface area contributed by atoms with Gasteiger partial charge >= 0.3 is 0 Å². The zero-order chi connectivity index (χ0) is 17.1. The van der Waals surface area contributed by atoms with Crippen LogP contribution in [0.15, 0.2) is 66.9 Å². The van der Waals surface area contributed by atoms with E-state index in [9.17, 15) is 4.79 Å². The number of carbonyl (C=O) groups excluding carboxylic acids is 1. The van der Waals surface area contributed by atoms with Crippen molar-refractivity contribution in [2.75, 3.05) is 26.2 Å². The molecule has 3 aromatic rings. The first-order valence-corrected chi connectivity index (χ1v) is 8.70. The minimum Gasteiger partial charge on any atom is -0.336 e. The minimum absolute atomic E-state index is 0.0867. The van der Waals surface area contributed by atoms with Gasteiger partial charge in [-0.2, -0.15) is 0 Å². The number of benzene rings is 2. The first kappa shape index (κ1) is 15.8. The molecule has 1 aliphatic rings. The smallest absolute Gasteiger partial charge is 0.256 e. The fourth-order valence-electron chi connectivity index (χ4n) is 3.40. The monoisotopic (exact) mass is 331 g/mol. The lowest BCUT2D eigenvalue weighted by atomic mass is 10.1. The predicted octanol–water partition coefficient (Wildman–Crippen LogP) is 3.19. The van der Waals surface area contributed by atoms with Crippen LogP contribution in [0.2, 0.25) is 0 Å². The average Bonchev–Trinajstić information content (AvgIpc) is 2.68. The molecule has 2 aromatic carbocycles. The Hall–Kier alpha value is -2.72. The first-order valence-electron chi connectivity index (χ1n) is 8.70. The summed E-state index contributed by atoms with van der Waals surface area (Å²) >= 11 is 0.